The van der Waals surface area contributed by atoms with Gasteiger partial charge in [-0.25, -0.2) is 17.6 Å². The first-order valence-electron chi connectivity index (χ1n) is 16.2. The Hall–Kier alpha value is -3.91. The van der Waals surface area contributed by atoms with Crippen LogP contribution in [0, 0.1) is 11.7 Å². The SMILES string of the molecule is C[C@@H]1CCCCO[C@H](CN(C)C(=O)Nc2ccc(F)cc2)[C@@H](C)CN([C@@H](C)CO)C(=O)c2cc(NS(=O)(=O)c3ccc(Cl)cc3)ccc2O1. The Bertz CT molecular complexity index is 1680. The number of sulfonamides is 1. The molecule has 14 heteroatoms. The zero-order valence-corrected chi connectivity index (χ0v) is 29.6. The summed E-state index contributed by atoms with van der Waals surface area (Å²) in [5.41, 5.74) is 0.719. The van der Waals surface area contributed by atoms with E-state index >= 15 is 0 Å². The van der Waals surface area contributed by atoms with Crippen molar-refractivity contribution in [2.45, 2.75) is 63.2 Å². The second-order valence-electron chi connectivity index (χ2n) is 12.4. The number of aliphatic hydroxyl groups is 1. The number of hydrogen-bond donors (Lipinski definition) is 3. The first-order chi connectivity index (χ1) is 23.3. The van der Waals surface area contributed by atoms with Crippen molar-refractivity contribution >= 4 is 44.9 Å². The molecule has 0 bridgehead atoms. The number of amides is 3. The van der Waals surface area contributed by atoms with Crippen LogP contribution < -0.4 is 14.8 Å². The number of nitrogens with zero attached hydrogens (tertiary/aromatic N) is 2. The predicted octanol–water partition coefficient (Wildman–Crippen LogP) is 6.24. The topological polar surface area (TPSA) is 138 Å². The van der Waals surface area contributed by atoms with Gasteiger partial charge in [-0.2, -0.15) is 0 Å². The van der Waals surface area contributed by atoms with Crippen LogP contribution in [0.4, 0.5) is 20.6 Å². The lowest BCUT2D eigenvalue weighted by atomic mass is 10.0. The van der Waals surface area contributed by atoms with E-state index in [0.29, 0.717) is 23.7 Å². The van der Waals surface area contributed by atoms with E-state index in [1.807, 2.05) is 13.8 Å². The Kier molecular flexibility index (Phi) is 13.3. The van der Waals surface area contributed by atoms with Gasteiger partial charge in [0.25, 0.3) is 15.9 Å². The molecule has 0 radical (unpaired) electrons. The van der Waals surface area contributed by atoms with Crippen LogP contribution >= 0.6 is 11.6 Å². The van der Waals surface area contributed by atoms with Crippen molar-refractivity contribution in [1.82, 2.24) is 9.80 Å². The molecule has 0 saturated carbocycles. The van der Waals surface area contributed by atoms with Gasteiger partial charge in [0.1, 0.15) is 11.6 Å². The smallest absolute Gasteiger partial charge is 0.321 e. The Balaban J connectivity index is 1.62. The van der Waals surface area contributed by atoms with Crippen molar-refractivity contribution in [3.8, 4) is 5.75 Å². The van der Waals surface area contributed by atoms with Gasteiger partial charge in [0.15, 0.2) is 0 Å². The molecule has 0 saturated heterocycles. The molecule has 11 nitrogen and oxygen atoms in total. The summed E-state index contributed by atoms with van der Waals surface area (Å²) in [6.07, 6.45) is 1.42. The normalized spacial score (nSPS) is 19.9. The molecular weight excluding hydrogens is 675 g/mol. The highest BCUT2D eigenvalue weighted by Gasteiger charge is 2.31. The van der Waals surface area contributed by atoms with E-state index in [2.05, 4.69) is 10.0 Å². The summed E-state index contributed by atoms with van der Waals surface area (Å²) >= 11 is 5.94. The zero-order chi connectivity index (χ0) is 35.7. The third kappa shape index (κ3) is 10.5. The molecule has 0 aromatic heterocycles. The van der Waals surface area contributed by atoms with E-state index in [0.717, 1.165) is 12.8 Å². The highest BCUT2D eigenvalue weighted by Crippen LogP contribution is 2.30. The van der Waals surface area contributed by atoms with Crippen LogP contribution in [0.15, 0.2) is 71.6 Å². The highest BCUT2D eigenvalue weighted by molar-refractivity contribution is 7.92. The molecule has 3 aromatic rings. The van der Waals surface area contributed by atoms with Crippen LogP contribution in [-0.2, 0) is 14.8 Å². The Morgan fingerprint density at radius 2 is 1.76 bits per heavy atom. The van der Waals surface area contributed by atoms with Gasteiger partial charge in [-0.1, -0.05) is 18.5 Å². The molecule has 3 N–H and O–H groups in total. The first-order valence-corrected chi connectivity index (χ1v) is 18.0. The number of halogens is 2. The number of likely N-dealkylation sites (N-methyl/N-ethyl adjacent to an activating group) is 1. The van der Waals surface area contributed by atoms with Crippen LogP contribution in [0.25, 0.3) is 0 Å². The second kappa shape index (κ2) is 17.1. The van der Waals surface area contributed by atoms with Gasteiger partial charge in [-0.05, 0) is 99.8 Å². The molecule has 1 aliphatic heterocycles. The highest BCUT2D eigenvalue weighted by atomic mass is 35.5. The number of nitrogens with one attached hydrogen (secondary N) is 2. The molecule has 3 amide bonds. The second-order valence-corrected chi connectivity index (χ2v) is 14.5. The molecule has 0 unspecified atom stereocenters. The van der Waals surface area contributed by atoms with Crippen LogP contribution in [0.2, 0.25) is 5.02 Å². The molecule has 1 aliphatic rings. The largest absolute Gasteiger partial charge is 0.490 e. The van der Waals surface area contributed by atoms with Crippen molar-refractivity contribution < 1.29 is 37.0 Å². The number of benzene rings is 3. The molecule has 0 aliphatic carbocycles. The molecule has 1 heterocycles. The molecule has 0 fully saturated rings. The quantitative estimate of drug-likeness (QED) is 0.251. The Morgan fingerprint density at radius 3 is 2.43 bits per heavy atom. The lowest BCUT2D eigenvalue weighted by Gasteiger charge is -2.35. The maximum Gasteiger partial charge on any atom is 0.321 e. The maximum absolute atomic E-state index is 14.3. The van der Waals surface area contributed by atoms with E-state index in [1.165, 1.54) is 70.5 Å². The number of carbonyl (C=O) groups excluding carboxylic acids is 2. The fraction of sp³-hybridized carbons (Fsp3) is 0.429. The van der Waals surface area contributed by atoms with Crippen LogP contribution in [0.1, 0.15) is 50.4 Å². The fourth-order valence-electron chi connectivity index (χ4n) is 5.38. The van der Waals surface area contributed by atoms with Crippen molar-refractivity contribution in [3.05, 3.63) is 83.1 Å². The number of anilines is 2. The number of hydrogen-bond acceptors (Lipinski definition) is 7. The van der Waals surface area contributed by atoms with Crippen LogP contribution in [0.3, 0.4) is 0 Å². The summed E-state index contributed by atoms with van der Waals surface area (Å²) in [6.45, 7) is 5.94. The molecule has 266 valence electrons. The number of carbonyl (C=O) groups is 2. The average molecular weight is 719 g/mol. The molecule has 49 heavy (non-hydrogen) atoms. The molecular formula is C35H44ClFN4O7S. The maximum atomic E-state index is 14.3. The van der Waals surface area contributed by atoms with Gasteiger partial charge in [0.2, 0.25) is 0 Å². The first kappa shape index (κ1) is 37.9. The number of rotatable bonds is 8. The third-order valence-electron chi connectivity index (χ3n) is 8.32. The van der Waals surface area contributed by atoms with E-state index in [4.69, 9.17) is 21.1 Å². The van der Waals surface area contributed by atoms with Crippen LogP contribution in [0.5, 0.6) is 5.75 Å². The summed E-state index contributed by atoms with van der Waals surface area (Å²) in [7, 11) is -2.38. The van der Waals surface area contributed by atoms with E-state index in [9.17, 15) is 27.5 Å². The Morgan fingerprint density at radius 1 is 1.08 bits per heavy atom. The van der Waals surface area contributed by atoms with Crippen molar-refractivity contribution in [1.29, 1.82) is 0 Å². The number of ether oxygens (including phenoxy) is 2. The van der Waals surface area contributed by atoms with Gasteiger partial charge in [0.05, 0.1) is 35.3 Å². The molecule has 0 spiro atoms. The summed E-state index contributed by atoms with van der Waals surface area (Å²) < 4.78 is 54.8. The zero-order valence-electron chi connectivity index (χ0n) is 28.1. The Labute approximate surface area is 292 Å². The van der Waals surface area contributed by atoms with E-state index in [-0.39, 0.29) is 53.6 Å². The minimum absolute atomic E-state index is 0.0000990. The summed E-state index contributed by atoms with van der Waals surface area (Å²) in [6, 6.07) is 14.7. The molecule has 4 atom stereocenters. The third-order valence-corrected chi connectivity index (χ3v) is 9.97. The minimum atomic E-state index is -4.01. The minimum Gasteiger partial charge on any atom is -0.490 e. The fourth-order valence-corrected chi connectivity index (χ4v) is 6.56. The van der Waals surface area contributed by atoms with E-state index in [1.54, 1.807) is 20.0 Å². The van der Waals surface area contributed by atoms with Crippen molar-refractivity contribution in [2.75, 3.05) is 43.4 Å². The van der Waals surface area contributed by atoms with E-state index < -0.39 is 39.9 Å². The van der Waals surface area contributed by atoms with Crippen molar-refractivity contribution in [3.63, 3.8) is 0 Å². The summed E-state index contributed by atoms with van der Waals surface area (Å²) in [4.78, 5) is 30.3. The van der Waals surface area contributed by atoms with Gasteiger partial charge in [0, 0.05) is 49.1 Å². The lowest BCUT2D eigenvalue weighted by Crippen LogP contribution is -2.48. The monoisotopic (exact) mass is 718 g/mol. The van der Waals surface area contributed by atoms with Gasteiger partial charge in [-0.15, -0.1) is 0 Å². The predicted molar refractivity (Wildman–Crippen MR) is 187 cm³/mol. The standard InChI is InChI=1S/C35H44ClFN4O7S/c1-23-20-41(24(2)22-42)34(43)31-19-29(39-49(45,46)30-15-8-26(36)9-16-30)14-17-32(31)48-25(3)7-5-6-18-47-33(23)21-40(4)35(44)38-28-12-10-27(37)11-13-28/h8-17,19,23-25,33,39,42H,5-7,18,20-22H2,1-4H3,(H,38,44)/t23-,24-,25+,33+/m0/s1. The molecule has 4 rings (SSSR count). The van der Waals surface area contributed by atoms with Crippen LogP contribution in [-0.4, -0.2) is 86.9 Å². The van der Waals surface area contributed by atoms with Gasteiger partial charge in [-0.3, -0.25) is 9.52 Å². The average Bonchev–Trinajstić information content (AvgIpc) is 3.07. The van der Waals surface area contributed by atoms with Crippen molar-refractivity contribution in [2.24, 2.45) is 5.92 Å². The van der Waals surface area contributed by atoms with Gasteiger partial charge < -0.3 is 29.7 Å². The summed E-state index contributed by atoms with van der Waals surface area (Å²) in [5.74, 6) is -0.904. The summed E-state index contributed by atoms with van der Waals surface area (Å²) in [5, 5.41) is 13.3. The lowest BCUT2D eigenvalue weighted by molar-refractivity contribution is -0.0115. The number of fused-ring (bicyclic) bond motifs is 1. The number of urea groups is 1. The number of aliphatic hydroxyl groups excluding tert-OH is 1. The molecule has 3 aromatic carbocycles. The van der Waals surface area contributed by atoms with Gasteiger partial charge >= 0.3 is 6.03 Å².